The molecule has 0 amide bonds. The Hall–Kier alpha value is -1.40. The maximum Gasteiger partial charge on any atom is 0.320 e. The number of rotatable bonds is 3. The van der Waals surface area contributed by atoms with E-state index in [1.807, 2.05) is 0 Å². The van der Waals surface area contributed by atoms with Gasteiger partial charge in [0.15, 0.2) is 5.78 Å². The number of hydrogen-bond acceptors (Lipinski definition) is 5. The lowest BCUT2D eigenvalue weighted by Crippen LogP contribution is -2.49. The average molecular weight is 200 g/mol. The second-order valence-electron chi connectivity index (χ2n) is 3.13. The zero-order chi connectivity index (χ0) is 10.7. The number of nitrogens with two attached hydrogens (primary N) is 1. The zero-order valence-electron chi connectivity index (χ0n) is 7.38. The van der Waals surface area contributed by atoms with Crippen molar-refractivity contribution in [2.45, 2.75) is 24.6 Å². The van der Waals surface area contributed by atoms with E-state index in [4.69, 9.17) is 10.8 Å². The van der Waals surface area contributed by atoms with Crippen LogP contribution in [0.1, 0.15) is 6.42 Å². The van der Waals surface area contributed by atoms with Gasteiger partial charge in [-0.05, 0) is 12.5 Å². The van der Waals surface area contributed by atoms with Gasteiger partial charge in [-0.2, -0.15) is 0 Å². The SMILES string of the molecule is N[C@@H](CC1NC=CC(=O)C1O)C(=O)O. The van der Waals surface area contributed by atoms with E-state index >= 15 is 0 Å². The first-order valence-corrected chi connectivity index (χ1v) is 4.15. The summed E-state index contributed by atoms with van der Waals surface area (Å²) >= 11 is 0. The number of nitrogens with one attached hydrogen (secondary N) is 1. The average Bonchev–Trinajstić information content (AvgIpc) is 2.12. The maximum absolute atomic E-state index is 11.0. The van der Waals surface area contributed by atoms with Crippen LogP contribution >= 0.6 is 0 Å². The molecule has 1 aliphatic heterocycles. The lowest BCUT2D eigenvalue weighted by atomic mass is 9.97. The molecule has 6 heteroatoms. The molecule has 78 valence electrons. The van der Waals surface area contributed by atoms with Gasteiger partial charge in [-0.15, -0.1) is 0 Å². The molecule has 0 spiro atoms. The molecule has 0 aromatic heterocycles. The molecule has 0 saturated carbocycles. The van der Waals surface area contributed by atoms with E-state index in [2.05, 4.69) is 5.32 Å². The molecule has 0 aromatic carbocycles. The van der Waals surface area contributed by atoms with Crippen LogP contribution in [0.3, 0.4) is 0 Å². The number of carbonyl (C=O) groups is 2. The molecule has 5 N–H and O–H groups in total. The Balaban J connectivity index is 2.57. The van der Waals surface area contributed by atoms with Gasteiger partial charge in [-0.3, -0.25) is 9.59 Å². The fourth-order valence-electron chi connectivity index (χ4n) is 1.21. The Kier molecular flexibility index (Phi) is 3.21. The number of hydrogen-bond donors (Lipinski definition) is 4. The molecule has 1 heterocycles. The normalized spacial score (nSPS) is 28.3. The molecule has 0 aliphatic carbocycles. The summed E-state index contributed by atoms with van der Waals surface area (Å²) in [6.07, 6.45) is 1.37. The van der Waals surface area contributed by atoms with Crippen LogP contribution in [0.15, 0.2) is 12.3 Å². The largest absolute Gasteiger partial charge is 0.480 e. The quantitative estimate of drug-likeness (QED) is 0.427. The summed E-state index contributed by atoms with van der Waals surface area (Å²) in [6, 6.07) is -1.71. The molecular weight excluding hydrogens is 188 g/mol. The number of aliphatic carboxylic acids is 1. The van der Waals surface area contributed by atoms with Crippen LogP contribution in [-0.2, 0) is 9.59 Å². The third-order valence-electron chi connectivity index (χ3n) is 2.06. The van der Waals surface area contributed by atoms with E-state index in [-0.39, 0.29) is 6.42 Å². The second-order valence-corrected chi connectivity index (χ2v) is 3.13. The first-order valence-electron chi connectivity index (χ1n) is 4.15. The highest BCUT2D eigenvalue weighted by atomic mass is 16.4. The van der Waals surface area contributed by atoms with Gasteiger partial charge in [0, 0.05) is 6.20 Å². The van der Waals surface area contributed by atoms with E-state index < -0.39 is 29.9 Å². The lowest BCUT2D eigenvalue weighted by molar-refractivity contribution is -0.139. The number of ketones is 1. The predicted octanol–water partition coefficient (Wildman–Crippen LogP) is -1.80. The number of carboxylic acids is 1. The highest BCUT2D eigenvalue weighted by molar-refractivity contribution is 5.94. The van der Waals surface area contributed by atoms with Gasteiger partial charge < -0.3 is 21.3 Å². The van der Waals surface area contributed by atoms with Crippen molar-refractivity contribution in [1.82, 2.24) is 5.32 Å². The van der Waals surface area contributed by atoms with Crippen LogP contribution < -0.4 is 11.1 Å². The van der Waals surface area contributed by atoms with Gasteiger partial charge in [-0.1, -0.05) is 0 Å². The third kappa shape index (κ3) is 2.30. The molecule has 14 heavy (non-hydrogen) atoms. The molecule has 1 rings (SSSR count). The molecule has 0 radical (unpaired) electrons. The maximum atomic E-state index is 11.0. The minimum absolute atomic E-state index is 0.00653. The second kappa shape index (κ2) is 4.21. The van der Waals surface area contributed by atoms with Crippen molar-refractivity contribution in [3.8, 4) is 0 Å². The molecule has 1 aliphatic rings. The summed E-state index contributed by atoms with van der Waals surface area (Å²) in [4.78, 5) is 21.4. The molecule has 2 unspecified atom stereocenters. The fourth-order valence-corrected chi connectivity index (χ4v) is 1.21. The van der Waals surface area contributed by atoms with Crippen molar-refractivity contribution >= 4 is 11.8 Å². The molecule has 0 aromatic rings. The van der Waals surface area contributed by atoms with Crippen LogP contribution in [0.2, 0.25) is 0 Å². The smallest absolute Gasteiger partial charge is 0.320 e. The summed E-state index contributed by atoms with van der Waals surface area (Å²) in [5.74, 6) is -1.59. The van der Waals surface area contributed by atoms with E-state index in [1.165, 1.54) is 12.3 Å². The van der Waals surface area contributed by atoms with Gasteiger partial charge in [0.25, 0.3) is 0 Å². The highest BCUT2D eigenvalue weighted by Gasteiger charge is 2.29. The first kappa shape index (κ1) is 10.7. The molecule has 0 saturated heterocycles. The number of carbonyl (C=O) groups excluding carboxylic acids is 1. The van der Waals surface area contributed by atoms with Crippen LogP contribution in [0.4, 0.5) is 0 Å². The lowest BCUT2D eigenvalue weighted by Gasteiger charge is -2.25. The molecular formula is C8H12N2O4. The molecule has 3 atom stereocenters. The fraction of sp³-hybridized carbons (Fsp3) is 0.500. The summed E-state index contributed by atoms with van der Waals surface area (Å²) < 4.78 is 0. The van der Waals surface area contributed by atoms with Crippen LogP contribution in [0.25, 0.3) is 0 Å². The Morgan fingerprint density at radius 3 is 2.93 bits per heavy atom. The Bertz CT molecular complexity index is 277. The van der Waals surface area contributed by atoms with E-state index in [9.17, 15) is 14.7 Å². The van der Waals surface area contributed by atoms with E-state index in [1.54, 1.807) is 0 Å². The van der Waals surface area contributed by atoms with Gasteiger partial charge in [0.1, 0.15) is 12.1 Å². The van der Waals surface area contributed by atoms with Crippen LogP contribution in [0.5, 0.6) is 0 Å². The molecule has 0 bridgehead atoms. The van der Waals surface area contributed by atoms with Crippen LogP contribution in [0, 0.1) is 0 Å². The first-order chi connectivity index (χ1) is 6.52. The van der Waals surface area contributed by atoms with E-state index in [0.29, 0.717) is 0 Å². The highest BCUT2D eigenvalue weighted by Crippen LogP contribution is 2.08. The van der Waals surface area contributed by atoms with Crippen LogP contribution in [-0.4, -0.2) is 40.2 Å². The predicted molar refractivity (Wildman–Crippen MR) is 47.3 cm³/mol. The minimum atomic E-state index is -1.22. The van der Waals surface area contributed by atoms with Crippen molar-refractivity contribution < 1.29 is 19.8 Å². The topological polar surface area (TPSA) is 113 Å². The number of carboxylic acid groups (broad SMARTS) is 1. The Labute approximate surface area is 80.4 Å². The van der Waals surface area contributed by atoms with Crippen molar-refractivity contribution in [1.29, 1.82) is 0 Å². The van der Waals surface area contributed by atoms with Crippen molar-refractivity contribution in [3.05, 3.63) is 12.3 Å². The molecule has 6 nitrogen and oxygen atoms in total. The minimum Gasteiger partial charge on any atom is -0.480 e. The van der Waals surface area contributed by atoms with Gasteiger partial charge >= 0.3 is 5.97 Å². The Morgan fingerprint density at radius 1 is 1.71 bits per heavy atom. The summed E-state index contributed by atoms with van der Waals surface area (Å²) in [6.45, 7) is 0. The summed E-state index contributed by atoms with van der Waals surface area (Å²) in [7, 11) is 0. The monoisotopic (exact) mass is 200 g/mol. The summed E-state index contributed by atoms with van der Waals surface area (Å²) in [5, 5.41) is 20.6. The van der Waals surface area contributed by atoms with E-state index in [0.717, 1.165) is 0 Å². The number of aliphatic hydroxyl groups excluding tert-OH is 1. The van der Waals surface area contributed by atoms with Crippen molar-refractivity contribution in [2.24, 2.45) is 5.73 Å². The van der Waals surface area contributed by atoms with Gasteiger partial charge in [0.2, 0.25) is 0 Å². The third-order valence-corrected chi connectivity index (χ3v) is 2.06. The van der Waals surface area contributed by atoms with Crippen molar-refractivity contribution in [3.63, 3.8) is 0 Å². The zero-order valence-corrected chi connectivity index (χ0v) is 7.38. The van der Waals surface area contributed by atoms with Gasteiger partial charge in [0.05, 0.1) is 6.04 Å². The Morgan fingerprint density at radius 2 is 2.36 bits per heavy atom. The number of aliphatic hydroxyl groups is 1. The van der Waals surface area contributed by atoms with Crippen molar-refractivity contribution in [2.75, 3.05) is 0 Å². The standard InChI is InChI=1S/C8H12N2O4/c9-4(8(13)14)3-5-7(12)6(11)1-2-10-5/h1-2,4-5,7,10,12H,3,9H2,(H,13,14)/t4-,5?,7?/m0/s1. The summed E-state index contributed by atoms with van der Waals surface area (Å²) in [5.41, 5.74) is 5.27. The van der Waals surface area contributed by atoms with Gasteiger partial charge in [-0.25, -0.2) is 0 Å². The molecule has 0 fully saturated rings.